The maximum Gasteiger partial charge on any atom is 0.203 e. The predicted molar refractivity (Wildman–Crippen MR) is 67.8 cm³/mol. The molecule has 0 radical (unpaired) electrons. The number of imidazole rings is 1. The molecule has 0 unspecified atom stereocenters. The van der Waals surface area contributed by atoms with E-state index in [1.165, 1.54) is 5.56 Å². The summed E-state index contributed by atoms with van der Waals surface area (Å²) >= 11 is 6.08. The summed E-state index contributed by atoms with van der Waals surface area (Å²) in [7, 11) is 0. The summed E-state index contributed by atoms with van der Waals surface area (Å²) in [4.78, 5) is 4.17. The van der Waals surface area contributed by atoms with Crippen LogP contribution in [-0.4, -0.2) is 9.55 Å². The molecule has 1 heterocycles. The largest absolute Gasteiger partial charge is 0.312 e. The van der Waals surface area contributed by atoms with Crippen molar-refractivity contribution in [3.63, 3.8) is 0 Å². The van der Waals surface area contributed by atoms with Crippen molar-refractivity contribution in [3.05, 3.63) is 41.3 Å². The summed E-state index contributed by atoms with van der Waals surface area (Å²) in [5.74, 6) is 0. The van der Waals surface area contributed by atoms with Gasteiger partial charge in [0.05, 0.1) is 11.9 Å². The van der Waals surface area contributed by atoms with Gasteiger partial charge >= 0.3 is 0 Å². The van der Waals surface area contributed by atoms with Crippen LogP contribution in [0.15, 0.2) is 30.5 Å². The van der Waals surface area contributed by atoms with Gasteiger partial charge in [-0.3, -0.25) is 0 Å². The molecule has 0 aliphatic heterocycles. The van der Waals surface area contributed by atoms with Crippen molar-refractivity contribution in [3.8, 4) is 11.3 Å². The highest BCUT2D eigenvalue weighted by Gasteiger charge is 2.12. The summed E-state index contributed by atoms with van der Waals surface area (Å²) < 4.78 is 2.04. The van der Waals surface area contributed by atoms with Crippen molar-refractivity contribution < 1.29 is 0 Å². The van der Waals surface area contributed by atoms with Gasteiger partial charge in [0.15, 0.2) is 0 Å². The van der Waals surface area contributed by atoms with Gasteiger partial charge in [0.1, 0.15) is 0 Å². The molecule has 0 spiro atoms. The van der Waals surface area contributed by atoms with E-state index in [0.717, 1.165) is 11.3 Å². The second kappa shape index (κ2) is 4.30. The van der Waals surface area contributed by atoms with E-state index >= 15 is 0 Å². The molecule has 0 amide bonds. The Hall–Kier alpha value is -1.28. The van der Waals surface area contributed by atoms with Crippen LogP contribution in [0.3, 0.4) is 0 Å². The average molecular weight is 235 g/mol. The van der Waals surface area contributed by atoms with E-state index in [2.05, 4.69) is 50.0 Å². The first-order valence-electron chi connectivity index (χ1n) is 5.39. The van der Waals surface area contributed by atoms with Gasteiger partial charge in [-0.25, -0.2) is 4.98 Å². The minimum atomic E-state index is 0.311. The molecule has 2 aromatic rings. The van der Waals surface area contributed by atoms with E-state index in [0.29, 0.717) is 11.3 Å². The predicted octanol–water partition coefficient (Wildman–Crippen LogP) is 4.09. The van der Waals surface area contributed by atoms with Crippen molar-refractivity contribution >= 4 is 11.6 Å². The molecule has 3 heteroatoms. The van der Waals surface area contributed by atoms with E-state index in [9.17, 15) is 0 Å². The van der Waals surface area contributed by atoms with E-state index in [1.54, 1.807) is 0 Å². The molecular weight excluding hydrogens is 220 g/mol. The smallest absolute Gasteiger partial charge is 0.203 e. The number of hydrogen-bond acceptors (Lipinski definition) is 1. The van der Waals surface area contributed by atoms with Crippen molar-refractivity contribution in [2.45, 2.75) is 26.8 Å². The van der Waals surface area contributed by atoms with Crippen molar-refractivity contribution in [2.24, 2.45) is 0 Å². The van der Waals surface area contributed by atoms with Crippen LogP contribution in [0, 0.1) is 6.92 Å². The Balaban J connectivity index is 2.56. The van der Waals surface area contributed by atoms with Crippen LogP contribution in [0.25, 0.3) is 11.3 Å². The summed E-state index contributed by atoms with van der Waals surface area (Å²) in [6.07, 6.45) is 1.83. The third-order valence-electron chi connectivity index (χ3n) is 2.58. The monoisotopic (exact) mass is 234 g/mol. The third-order valence-corrected chi connectivity index (χ3v) is 2.86. The number of aryl methyl sites for hydroxylation is 1. The zero-order chi connectivity index (χ0) is 11.7. The highest BCUT2D eigenvalue weighted by molar-refractivity contribution is 6.28. The van der Waals surface area contributed by atoms with Crippen LogP contribution in [-0.2, 0) is 0 Å². The molecule has 0 saturated heterocycles. The zero-order valence-electron chi connectivity index (χ0n) is 9.74. The maximum atomic E-state index is 6.08. The Morgan fingerprint density at radius 1 is 1.31 bits per heavy atom. The molecule has 2 rings (SSSR count). The zero-order valence-corrected chi connectivity index (χ0v) is 10.5. The number of halogens is 1. The van der Waals surface area contributed by atoms with Gasteiger partial charge in [-0.05, 0) is 38.4 Å². The van der Waals surface area contributed by atoms with Gasteiger partial charge in [0.25, 0.3) is 0 Å². The molecular formula is C13H15ClN2. The Kier molecular flexibility index (Phi) is 3.01. The summed E-state index contributed by atoms with van der Waals surface area (Å²) in [5, 5.41) is 0.548. The topological polar surface area (TPSA) is 17.8 Å². The minimum Gasteiger partial charge on any atom is -0.312 e. The number of benzene rings is 1. The molecule has 0 aliphatic carbocycles. The molecule has 0 fully saturated rings. The lowest BCUT2D eigenvalue weighted by Gasteiger charge is -2.13. The van der Waals surface area contributed by atoms with Gasteiger partial charge in [-0.1, -0.05) is 23.8 Å². The summed E-state index contributed by atoms with van der Waals surface area (Å²) in [6, 6.07) is 8.67. The first kappa shape index (κ1) is 11.2. The van der Waals surface area contributed by atoms with E-state index < -0.39 is 0 Å². The fourth-order valence-electron chi connectivity index (χ4n) is 1.85. The van der Waals surface area contributed by atoms with Gasteiger partial charge < -0.3 is 4.57 Å². The van der Waals surface area contributed by atoms with Gasteiger partial charge in [0.2, 0.25) is 5.28 Å². The van der Waals surface area contributed by atoms with Crippen LogP contribution in [0.4, 0.5) is 0 Å². The highest BCUT2D eigenvalue weighted by Crippen LogP contribution is 2.27. The molecule has 84 valence electrons. The number of aromatic nitrogens is 2. The Morgan fingerprint density at radius 2 is 2.06 bits per heavy atom. The van der Waals surface area contributed by atoms with Crippen molar-refractivity contribution in [1.29, 1.82) is 0 Å². The molecule has 1 aromatic heterocycles. The highest BCUT2D eigenvalue weighted by atomic mass is 35.5. The Bertz CT molecular complexity index is 500. The number of hydrogen-bond donors (Lipinski definition) is 0. The van der Waals surface area contributed by atoms with Crippen LogP contribution in [0.1, 0.15) is 25.5 Å². The number of nitrogens with zero attached hydrogens (tertiary/aromatic N) is 2. The molecule has 2 nitrogen and oxygen atoms in total. The first-order valence-corrected chi connectivity index (χ1v) is 5.77. The maximum absolute atomic E-state index is 6.08. The summed E-state index contributed by atoms with van der Waals surface area (Å²) in [5.41, 5.74) is 3.47. The van der Waals surface area contributed by atoms with Gasteiger partial charge in [-0.15, -0.1) is 0 Å². The van der Waals surface area contributed by atoms with Crippen molar-refractivity contribution in [2.75, 3.05) is 0 Å². The molecule has 0 aliphatic rings. The standard InChI is InChI=1S/C13H15ClN2/c1-9(2)16-12(8-15-13(16)14)11-6-4-5-10(3)7-11/h4-9H,1-3H3. The molecule has 0 bridgehead atoms. The fraction of sp³-hybridized carbons (Fsp3) is 0.308. The fourth-order valence-corrected chi connectivity index (χ4v) is 2.18. The first-order chi connectivity index (χ1) is 7.59. The van der Waals surface area contributed by atoms with Crippen LogP contribution < -0.4 is 0 Å². The molecule has 0 atom stereocenters. The minimum absolute atomic E-state index is 0.311. The van der Waals surface area contributed by atoms with Gasteiger partial charge in [-0.2, -0.15) is 0 Å². The Labute approximate surface area is 101 Å². The average Bonchev–Trinajstić information content (AvgIpc) is 2.60. The lowest BCUT2D eigenvalue weighted by Crippen LogP contribution is -2.02. The van der Waals surface area contributed by atoms with Gasteiger partial charge in [0, 0.05) is 11.6 Å². The lowest BCUT2D eigenvalue weighted by atomic mass is 10.1. The Morgan fingerprint density at radius 3 is 2.69 bits per heavy atom. The molecule has 1 aromatic carbocycles. The normalized spacial score (nSPS) is 11.1. The third kappa shape index (κ3) is 1.98. The molecule has 0 saturated carbocycles. The quantitative estimate of drug-likeness (QED) is 0.765. The van der Waals surface area contributed by atoms with Crippen molar-refractivity contribution in [1.82, 2.24) is 9.55 Å². The SMILES string of the molecule is Cc1cccc(-c2cnc(Cl)n2C(C)C)c1. The molecule has 16 heavy (non-hydrogen) atoms. The molecule has 0 N–H and O–H groups in total. The van der Waals surface area contributed by atoms with E-state index in [-0.39, 0.29) is 0 Å². The lowest BCUT2D eigenvalue weighted by molar-refractivity contribution is 0.606. The van der Waals surface area contributed by atoms with Crippen LogP contribution in [0.2, 0.25) is 5.28 Å². The summed E-state index contributed by atoms with van der Waals surface area (Å²) in [6.45, 7) is 6.29. The number of rotatable bonds is 2. The second-order valence-electron chi connectivity index (χ2n) is 4.25. The van der Waals surface area contributed by atoms with Crippen LogP contribution >= 0.6 is 11.6 Å². The van der Waals surface area contributed by atoms with E-state index in [1.807, 2.05) is 10.8 Å². The van der Waals surface area contributed by atoms with E-state index in [4.69, 9.17) is 11.6 Å². The second-order valence-corrected chi connectivity index (χ2v) is 4.58. The van der Waals surface area contributed by atoms with Crippen LogP contribution in [0.5, 0.6) is 0 Å².